The minimum absolute atomic E-state index is 0.0533. The van der Waals surface area contributed by atoms with Gasteiger partial charge in [-0.2, -0.15) is 0 Å². The highest BCUT2D eigenvalue weighted by atomic mass is 35.5. The lowest BCUT2D eigenvalue weighted by Gasteiger charge is -2.32. The summed E-state index contributed by atoms with van der Waals surface area (Å²) in [5, 5.41) is 4.01. The molecular formula is C17H19ClN2O2. The molecule has 1 atom stereocenters. The Bertz CT molecular complexity index is 676. The lowest BCUT2D eigenvalue weighted by molar-refractivity contribution is -0.131. The van der Waals surface area contributed by atoms with E-state index in [0.717, 1.165) is 19.3 Å². The molecule has 0 fully saturated rings. The van der Waals surface area contributed by atoms with E-state index >= 15 is 0 Å². The summed E-state index contributed by atoms with van der Waals surface area (Å²) in [5.41, 5.74) is 4.12. The standard InChI is InChI=1S/C17H19ClN2O2/c1-11-15(17(18)22-19-11)10-16(21)20(2)14-8-7-12-5-3-4-6-13(12)9-14/h3-6,14H,7-10H2,1-2H3. The highest BCUT2D eigenvalue weighted by Gasteiger charge is 2.26. The summed E-state index contributed by atoms with van der Waals surface area (Å²) < 4.78 is 4.91. The number of hydrogen-bond donors (Lipinski definition) is 0. The van der Waals surface area contributed by atoms with E-state index in [0.29, 0.717) is 11.3 Å². The SMILES string of the molecule is Cc1noc(Cl)c1CC(=O)N(C)C1CCc2ccccc2C1. The maximum absolute atomic E-state index is 12.5. The number of hydrogen-bond acceptors (Lipinski definition) is 3. The fourth-order valence-corrected chi connectivity index (χ4v) is 3.29. The van der Waals surface area contributed by atoms with Crippen molar-refractivity contribution in [3.63, 3.8) is 0 Å². The molecule has 1 heterocycles. The van der Waals surface area contributed by atoms with Gasteiger partial charge in [0.15, 0.2) is 0 Å². The van der Waals surface area contributed by atoms with E-state index in [4.69, 9.17) is 16.1 Å². The maximum Gasteiger partial charge on any atom is 0.229 e. The molecule has 2 aromatic rings. The Morgan fingerprint density at radius 3 is 2.82 bits per heavy atom. The van der Waals surface area contributed by atoms with Crippen LogP contribution in [0.4, 0.5) is 0 Å². The van der Waals surface area contributed by atoms with Gasteiger partial charge in [-0.15, -0.1) is 0 Å². The van der Waals surface area contributed by atoms with Crippen molar-refractivity contribution in [1.82, 2.24) is 10.1 Å². The van der Waals surface area contributed by atoms with Gasteiger partial charge < -0.3 is 9.42 Å². The summed E-state index contributed by atoms with van der Waals surface area (Å²) in [4.78, 5) is 14.4. The number of nitrogens with zero attached hydrogens (tertiary/aromatic N) is 2. The monoisotopic (exact) mass is 318 g/mol. The molecular weight excluding hydrogens is 300 g/mol. The van der Waals surface area contributed by atoms with Crippen LogP contribution in [-0.2, 0) is 24.1 Å². The molecule has 1 aromatic heterocycles. The zero-order valence-electron chi connectivity index (χ0n) is 12.8. The van der Waals surface area contributed by atoms with Crippen LogP contribution in [0.25, 0.3) is 0 Å². The van der Waals surface area contributed by atoms with Crippen LogP contribution < -0.4 is 0 Å². The van der Waals surface area contributed by atoms with Crippen molar-refractivity contribution in [2.24, 2.45) is 0 Å². The van der Waals surface area contributed by atoms with Crippen LogP contribution in [0, 0.1) is 6.92 Å². The number of halogens is 1. The lowest BCUT2D eigenvalue weighted by Crippen LogP contribution is -2.41. The molecule has 1 amide bonds. The van der Waals surface area contributed by atoms with Crippen molar-refractivity contribution >= 4 is 17.5 Å². The van der Waals surface area contributed by atoms with Gasteiger partial charge in [0.05, 0.1) is 12.1 Å². The molecule has 0 spiro atoms. The molecule has 5 heteroatoms. The zero-order valence-corrected chi connectivity index (χ0v) is 13.6. The number of aromatic nitrogens is 1. The molecule has 4 nitrogen and oxygen atoms in total. The second kappa shape index (κ2) is 6.13. The summed E-state index contributed by atoms with van der Waals surface area (Å²) in [6, 6.07) is 8.70. The highest BCUT2D eigenvalue weighted by Crippen LogP contribution is 2.25. The molecule has 116 valence electrons. The van der Waals surface area contributed by atoms with E-state index in [1.807, 2.05) is 11.9 Å². The number of amides is 1. The molecule has 0 aliphatic heterocycles. The Hall–Kier alpha value is -1.81. The Morgan fingerprint density at radius 1 is 1.41 bits per heavy atom. The van der Waals surface area contributed by atoms with Crippen LogP contribution in [0.5, 0.6) is 0 Å². The van der Waals surface area contributed by atoms with Crippen LogP contribution in [-0.4, -0.2) is 29.1 Å². The van der Waals surface area contributed by atoms with Gasteiger partial charge in [0.2, 0.25) is 11.1 Å². The molecule has 1 aliphatic carbocycles. The second-order valence-corrected chi connectivity index (χ2v) is 6.21. The fraction of sp³-hybridized carbons (Fsp3) is 0.412. The van der Waals surface area contributed by atoms with E-state index in [9.17, 15) is 4.79 Å². The first-order chi connectivity index (χ1) is 10.6. The Balaban J connectivity index is 1.69. The minimum atomic E-state index is 0.0533. The van der Waals surface area contributed by atoms with Gasteiger partial charge in [0, 0.05) is 18.7 Å². The largest absolute Gasteiger partial charge is 0.344 e. The van der Waals surface area contributed by atoms with Crippen LogP contribution in [0.2, 0.25) is 5.22 Å². The first-order valence-corrected chi connectivity index (χ1v) is 7.87. The van der Waals surface area contributed by atoms with Crippen molar-refractivity contribution in [2.75, 3.05) is 7.05 Å². The third-order valence-corrected chi connectivity index (χ3v) is 4.82. The number of fused-ring (bicyclic) bond motifs is 1. The molecule has 3 rings (SSSR count). The average molecular weight is 319 g/mol. The number of carbonyl (C=O) groups excluding carboxylic acids is 1. The normalized spacial score (nSPS) is 17.1. The van der Waals surface area contributed by atoms with E-state index in [1.165, 1.54) is 11.1 Å². The molecule has 0 radical (unpaired) electrons. The quantitative estimate of drug-likeness (QED) is 0.873. The second-order valence-electron chi connectivity index (χ2n) is 5.87. The van der Waals surface area contributed by atoms with Gasteiger partial charge >= 0.3 is 0 Å². The van der Waals surface area contributed by atoms with Crippen molar-refractivity contribution in [1.29, 1.82) is 0 Å². The van der Waals surface area contributed by atoms with Crippen LogP contribution in [0.3, 0.4) is 0 Å². The summed E-state index contributed by atoms with van der Waals surface area (Å²) in [6.45, 7) is 1.80. The molecule has 1 aromatic carbocycles. The van der Waals surface area contributed by atoms with E-state index in [2.05, 4.69) is 29.4 Å². The Morgan fingerprint density at radius 2 is 2.14 bits per heavy atom. The van der Waals surface area contributed by atoms with Gasteiger partial charge in [-0.1, -0.05) is 29.4 Å². The van der Waals surface area contributed by atoms with Crippen molar-refractivity contribution in [2.45, 2.75) is 38.6 Å². The molecule has 0 saturated heterocycles. The molecule has 0 bridgehead atoms. The summed E-state index contributed by atoms with van der Waals surface area (Å²) >= 11 is 5.95. The molecule has 0 saturated carbocycles. The van der Waals surface area contributed by atoms with Crippen LogP contribution in [0.15, 0.2) is 28.8 Å². The van der Waals surface area contributed by atoms with Crippen molar-refractivity contribution in [3.05, 3.63) is 51.9 Å². The van der Waals surface area contributed by atoms with Gasteiger partial charge in [0.25, 0.3) is 0 Å². The number of benzene rings is 1. The first kappa shape index (κ1) is 15.1. The number of rotatable bonds is 3. The lowest BCUT2D eigenvalue weighted by atomic mass is 9.87. The third-order valence-electron chi connectivity index (χ3n) is 4.53. The van der Waals surface area contributed by atoms with Crippen molar-refractivity contribution < 1.29 is 9.32 Å². The minimum Gasteiger partial charge on any atom is -0.344 e. The van der Waals surface area contributed by atoms with Gasteiger partial charge in [0.1, 0.15) is 0 Å². The van der Waals surface area contributed by atoms with Gasteiger partial charge in [-0.25, -0.2) is 0 Å². The molecule has 0 N–H and O–H groups in total. The summed E-state index contributed by atoms with van der Waals surface area (Å²) in [5.74, 6) is 0.0533. The van der Waals surface area contributed by atoms with Crippen LogP contribution >= 0.6 is 11.6 Å². The predicted octanol–water partition coefficient (Wildman–Crippen LogP) is 3.19. The summed E-state index contributed by atoms with van der Waals surface area (Å²) in [7, 11) is 1.87. The summed E-state index contributed by atoms with van der Waals surface area (Å²) in [6.07, 6.45) is 3.17. The Labute approximate surface area is 135 Å². The fourth-order valence-electron chi connectivity index (χ4n) is 3.05. The number of likely N-dealkylation sites (N-methyl/N-ethyl adjacent to an activating group) is 1. The van der Waals surface area contributed by atoms with Crippen molar-refractivity contribution in [3.8, 4) is 0 Å². The predicted molar refractivity (Wildman–Crippen MR) is 85.0 cm³/mol. The third kappa shape index (κ3) is 2.88. The topological polar surface area (TPSA) is 46.3 Å². The molecule has 1 aliphatic rings. The van der Waals surface area contributed by atoms with E-state index in [-0.39, 0.29) is 23.6 Å². The van der Waals surface area contributed by atoms with E-state index in [1.54, 1.807) is 6.92 Å². The Kier molecular flexibility index (Phi) is 4.21. The number of aryl methyl sites for hydroxylation is 2. The maximum atomic E-state index is 12.5. The zero-order chi connectivity index (χ0) is 15.7. The highest BCUT2D eigenvalue weighted by molar-refractivity contribution is 6.29. The van der Waals surface area contributed by atoms with Crippen LogP contribution in [0.1, 0.15) is 28.8 Å². The van der Waals surface area contributed by atoms with Gasteiger partial charge in [-0.3, -0.25) is 4.79 Å². The average Bonchev–Trinajstić information content (AvgIpc) is 2.85. The molecule has 1 unspecified atom stereocenters. The molecule has 22 heavy (non-hydrogen) atoms. The number of carbonyl (C=O) groups is 1. The smallest absolute Gasteiger partial charge is 0.229 e. The first-order valence-electron chi connectivity index (χ1n) is 7.49. The van der Waals surface area contributed by atoms with Gasteiger partial charge in [-0.05, 0) is 48.9 Å². The van der Waals surface area contributed by atoms with E-state index < -0.39 is 0 Å².